The van der Waals surface area contributed by atoms with E-state index < -0.39 is 0 Å². The smallest absolute Gasteiger partial charge is 0.409 e. The molecule has 2 saturated heterocycles. The number of hydrogen-bond donors (Lipinski definition) is 0. The fourth-order valence-corrected chi connectivity index (χ4v) is 3.16. The Labute approximate surface area is 143 Å². The second-order valence-corrected chi connectivity index (χ2v) is 6.82. The van der Waals surface area contributed by atoms with Gasteiger partial charge in [0.15, 0.2) is 0 Å². The number of rotatable bonds is 5. The van der Waals surface area contributed by atoms with Gasteiger partial charge in [-0.15, -0.1) is 0 Å². The van der Waals surface area contributed by atoms with Gasteiger partial charge in [-0.1, -0.05) is 13.3 Å². The summed E-state index contributed by atoms with van der Waals surface area (Å²) >= 11 is 0. The minimum Gasteiger partial charge on any atom is -0.449 e. The summed E-state index contributed by atoms with van der Waals surface area (Å²) in [6.45, 7) is 8.94. The zero-order valence-electron chi connectivity index (χ0n) is 15.0. The van der Waals surface area contributed by atoms with E-state index in [1.54, 1.807) is 14.7 Å². The third-order valence-corrected chi connectivity index (χ3v) is 4.70. The molecule has 1 unspecified atom stereocenters. The fraction of sp³-hybridized carbons (Fsp3) is 0.824. The van der Waals surface area contributed by atoms with Crippen molar-refractivity contribution in [1.82, 2.24) is 14.7 Å². The van der Waals surface area contributed by atoms with Crippen molar-refractivity contribution in [3.8, 4) is 0 Å². The zero-order valence-corrected chi connectivity index (χ0v) is 15.0. The predicted molar refractivity (Wildman–Crippen MR) is 89.4 cm³/mol. The minimum atomic E-state index is -0.294. The molecular formula is C17H29N3O4. The summed E-state index contributed by atoms with van der Waals surface area (Å²) in [6, 6.07) is 0.130. The van der Waals surface area contributed by atoms with Crippen LogP contribution >= 0.6 is 0 Å². The van der Waals surface area contributed by atoms with Gasteiger partial charge in [0.25, 0.3) is 0 Å². The Balaban J connectivity index is 1.79. The SMILES string of the molecule is CCCCOC(=O)N1CCN(C(=O)C2CC(=O)N(C(C)C)C2)CC1. The van der Waals surface area contributed by atoms with Crippen molar-refractivity contribution >= 4 is 17.9 Å². The van der Waals surface area contributed by atoms with Crippen LogP contribution in [-0.2, 0) is 14.3 Å². The average Bonchev–Trinajstić information content (AvgIpc) is 2.96. The van der Waals surface area contributed by atoms with E-state index in [4.69, 9.17) is 4.74 Å². The van der Waals surface area contributed by atoms with Crippen molar-refractivity contribution in [3.63, 3.8) is 0 Å². The van der Waals surface area contributed by atoms with Crippen molar-refractivity contribution < 1.29 is 19.1 Å². The first-order chi connectivity index (χ1) is 11.4. The van der Waals surface area contributed by atoms with E-state index in [0.29, 0.717) is 45.8 Å². The lowest BCUT2D eigenvalue weighted by Gasteiger charge is -2.35. The Morgan fingerprint density at radius 1 is 1.17 bits per heavy atom. The maximum absolute atomic E-state index is 12.6. The molecule has 2 heterocycles. The third kappa shape index (κ3) is 4.39. The summed E-state index contributed by atoms with van der Waals surface area (Å²) in [5.74, 6) is -0.157. The second-order valence-electron chi connectivity index (χ2n) is 6.82. The highest BCUT2D eigenvalue weighted by atomic mass is 16.6. The lowest BCUT2D eigenvalue weighted by molar-refractivity contribution is -0.137. The van der Waals surface area contributed by atoms with E-state index in [2.05, 4.69) is 0 Å². The number of nitrogens with zero attached hydrogens (tertiary/aromatic N) is 3. The van der Waals surface area contributed by atoms with Crippen LogP contribution in [0.15, 0.2) is 0 Å². The van der Waals surface area contributed by atoms with Crippen molar-refractivity contribution in [2.75, 3.05) is 39.3 Å². The molecule has 1 atom stereocenters. The van der Waals surface area contributed by atoms with Crippen LogP contribution < -0.4 is 0 Å². The molecule has 0 saturated carbocycles. The van der Waals surface area contributed by atoms with Crippen LogP contribution in [-0.4, -0.2) is 78.0 Å². The largest absolute Gasteiger partial charge is 0.449 e. The molecule has 0 bridgehead atoms. The summed E-state index contributed by atoms with van der Waals surface area (Å²) in [6.07, 6.45) is 1.86. The number of carbonyl (C=O) groups is 3. The van der Waals surface area contributed by atoms with Gasteiger partial charge in [0.05, 0.1) is 12.5 Å². The molecule has 0 aromatic rings. The molecule has 2 fully saturated rings. The van der Waals surface area contributed by atoms with Crippen LogP contribution in [0.4, 0.5) is 4.79 Å². The Morgan fingerprint density at radius 2 is 1.79 bits per heavy atom. The van der Waals surface area contributed by atoms with Crippen molar-refractivity contribution in [1.29, 1.82) is 0 Å². The van der Waals surface area contributed by atoms with E-state index in [0.717, 1.165) is 12.8 Å². The number of unbranched alkanes of at least 4 members (excludes halogenated alkanes) is 1. The molecule has 2 aliphatic rings. The van der Waals surface area contributed by atoms with E-state index in [1.807, 2.05) is 20.8 Å². The first-order valence-electron chi connectivity index (χ1n) is 8.94. The maximum Gasteiger partial charge on any atom is 0.409 e. The summed E-state index contributed by atoms with van der Waals surface area (Å²) in [4.78, 5) is 41.7. The number of amides is 3. The molecular weight excluding hydrogens is 310 g/mol. The summed E-state index contributed by atoms with van der Waals surface area (Å²) in [5.41, 5.74) is 0. The van der Waals surface area contributed by atoms with Gasteiger partial charge in [-0.05, 0) is 20.3 Å². The monoisotopic (exact) mass is 339 g/mol. The number of hydrogen-bond acceptors (Lipinski definition) is 4. The zero-order chi connectivity index (χ0) is 17.7. The van der Waals surface area contributed by atoms with Gasteiger partial charge >= 0.3 is 6.09 Å². The third-order valence-electron chi connectivity index (χ3n) is 4.70. The molecule has 0 spiro atoms. The van der Waals surface area contributed by atoms with Gasteiger partial charge in [0.1, 0.15) is 0 Å². The van der Waals surface area contributed by atoms with Crippen molar-refractivity contribution in [3.05, 3.63) is 0 Å². The van der Waals surface area contributed by atoms with Crippen LogP contribution in [0.2, 0.25) is 0 Å². The van der Waals surface area contributed by atoms with Crippen LogP contribution in [0.25, 0.3) is 0 Å². The molecule has 0 aromatic heterocycles. The van der Waals surface area contributed by atoms with E-state index in [9.17, 15) is 14.4 Å². The highest BCUT2D eigenvalue weighted by molar-refractivity contribution is 5.89. The average molecular weight is 339 g/mol. The Bertz CT molecular complexity index is 472. The molecule has 0 N–H and O–H groups in total. The molecule has 7 nitrogen and oxygen atoms in total. The molecule has 0 radical (unpaired) electrons. The highest BCUT2D eigenvalue weighted by Gasteiger charge is 2.38. The first-order valence-corrected chi connectivity index (χ1v) is 8.94. The van der Waals surface area contributed by atoms with Crippen molar-refractivity contribution in [2.45, 2.75) is 46.1 Å². The lowest BCUT2D eigenvalue weighted by atomic mass is 10.1. The molecule has 2 aliphatic heterocycles. The van der Waals surface area contributed by atoms with Gasteiger partial charge in [-0.25, -0.2) is 4.79 Å². The molecule has 24 heavy (non-hydrogen) atoms. The topological polar surface area (TPSA) is 70.2 Å². The van der Waals surface area contributed by atoms with Gasteiger partial charge in [-0.2, -0.15) is 0 Å². The Hall–Kier alpha value is -1.79. The van der Waals surface area contributed by atoms with Crippen LogP contribution in [0.1, 0.15) is 40.0 Å². The van der Waals surface area contributed by atoms with E-state index >= 15 is 0 Å². The maximum atomic E-state index is 12.6. The highest BCUT2D eigenvalue weighted by Crippen LogP contribution is 2.22. The molecule has 136 valence electrons. The van der Waals surface area contributed by atoms with Crippen LogP contribution in [0.5, 0.6) is 0 Å². The summed E-state index contributed by atoms with van der Waals surface area (Å²) in [7, 11) is 0. The minimum absolute atomic E-state index is 0.0329. The fourth-order valence-electron chi connectivity index (χ4n) is 3.16. The summed E-state index contributed by atoms with van der Waals surface area (Å²) in [5, 5.41) is 0. The quantitative estimate of drug-likeness (QED) is 0.709. The molecule has 0 aromatic carbocycles. The van der Waals surface area contributed by atoms with Gasteiger partial charge in [0, 0.05) is 45.2 Å². The Morgan fingerprint density at radius 3 is 2.33 bits per heavy atom. The van der Waals surface area contributed by atoms with E-state index in [-0.39, 0.29) is 29.9 Å². The predicted octanol–water partition coefficient (Wildman–Crippen LogP) is 1.32. The molecule has 0 aliphatic carbocycles. The lowest BCUT2D eigenvalue weighted by Crippen LogP contribution is -2.52. The van der Waals surface area contributed by atoms with Gasteiger partial charge in [-0.3, -0.25) is 9.59 Å². The normalized spacial score (nSPS) is 21.6. The number of carbonyl (C=O) groups excluding carboxylic acids is 3. The number of piperazine rings is 1. The Kier molecular flexibility index (Phi) is 6.45. The number of ether oxygens (including phenoxy) is 1. The first kappa shape index (κ1) is 18.5. The van der Waals surface area contributed by atoms with Crippen molar-refractivity contribution in [2.24, 2.45) is 5.92 Å². The number of likely N-dealkylation sites (tertiary alicyclic amines) is 1. The summed E-state index contributed by atoms with van der Waals surface area (Å²) < 4.78 is 5.20. The second kappa shape index (κ2) is 8.35. The van der Waals surface area contributed by atoms with E-state index in [1.165, 1.54) is 0 Å². The van der Waals surface area contributed by atoms with Crippen LogP contribution in [0.3, 0.4) is 0 Å². The molecule has 7 heteroatoms. The van der Waals surface area contributed by atoms with Gasteiger partial charge in [0.2, 0.25) is 11.8 Å². The van der Waals surface area contributed by atoms with Gasteiger partial charge < -0.3 is 19.4 Å². The standard InChI is InChI=1S/C17H29N3O4/c1-4-5-10-24-17(23)19-8-6-18(7-9-19)16(22)14-11-15(21)20(12-14)13(2)3/h13-14H,4-12H2,1-3H3. The molecule has 3 amide bonds. The molecule has 2 rings (SSSR count). The van der Waals surface area contributed by atoms with Crippen LogP contribution in [0, 0.1) is 5.92 Å².